The first-order valence-corrected chi connectivity index (χ1v) is 11.1. The molecule has 0 saturated heterocycles. The summed E-state index contributed by atoms with van der Waals surface area (Å²) in [6.45, 7) is 6.60. The molecule has 1 saturated carbocycles. The molecule has 2 N–H and O–H groups in total. The van der Waals surface area contributed by atoms with Crippen molar-refractivity contribution in [3.05, 3.63) is 59.8 Å². The number of nitrogens with one attached hydrogen (secondary N) is 2. The van der Waals surface area contributed by atoms with Crippen LogP contribution < -0.4 is 10.6 Å². The molecule has 1 aliphatic rings. The van der Waals surface area contributed by atoms with E-state index in [-0.39, 0.29) is 17.6 Å². The first-order chi connectivity index (χ1) is 16.4. The van der Waals surface area contributed by atoms with Crippen molar-refractivity contribution in [2.24, 2.45) is 18.9 Å². The number of nitrogens with zero attached hydrogens (tertiary/aromatic N) is 7. The molecule has 3 aromatic heterocycles. The van der Waals surface area contributed by atoms with Crippen LogP contribution >= 0.6 is 0 Å². The van der Waals surface area contributed by atoms with E-state index >= 15 is 0 Å². The van der Waals surface area contributed by atoms with Gasteiger partial charge in [-0.2, -0.15) is 15.1 Å². The van der Waals surface area contributed by atoms with Crippen LogP contribution in [0.2, 0.25) is 0 Å². The third kappa shape index (κ3) is 4.36. The number of hydrogen-bond donors (Lipinski definition) is 2. The molecule has 174 valence electrons. The molecule has 0 radical (unpaired) electrons. The van der Waals surface area contributed by atoms with Gasteiger partial charge in [0.1, 0.15) is 6.33 Å². The lowest BCUT2D eigenvalue weighted by atomic mass is 10.0. The minimum atomic E-state index is -0.358. The Morgan fingerprint density at radius 3 is 2.71 bits per heavy atom. The molecule has 11 heteroatoms. The standard InChI is InChI=1S/C23H25N9O2/c1-12-7-15(19-25-11-26-23(30-19)28-17-9-27-32(4)10-17)5-6-16(12)8-24-21(33)20-29-22(34-31-20)18-13(2)14(18)3/h5-7,9-11,13-14,18H,8H2,1-4H3,(H,24,33)(H,25,26,28,30)/t13-,14+,18?. The van der Waals surface area contributed by atoms with Gasteiger partial charge in [0.2, 0.25) is 11.8 Å². The van der Waals surface area contributed by atoms with Gasteiger partial charge in [-0.1, -0.05) is 31.1 Å². The van der Waals surface area contributed by atoms with Crippen LogP contribution in [-0.2, 0) is 13.6 Å². The Balaban J connectivity index is 1.23. The maximum Gasteiger partial charge on any atom is 0.292 e. The van der Waals surface area contributed by atoms with E-state index < -0.39 is 0 Å². The molecule has 0 bridgehead atoms. The van der Waals surface area contributed by atoms with Crippen LogP contribution in [0.5, 0.6) is 0 Å². The van der Waals surface area contributed by atoms with Gasteiger partial charge in [-0.15, -0.1) is 0 Å². The van der Waals surface area contributed by atoms with E-state index in [1.54, 1.807) is 10.9 Å². The normalized spacial score (nSPS) is 19.1. The summed E-state index contributed by atoms with van der Waals surface area (Å²) in [6.07, 6.45) is 4.99. The Hall–Kier alpha value is -4.15. The summed E-state index contributed by atoms with van der Waals surface area (Å²) in [5, 5.41) is 13.9. The van der Waals surface area contributed by atoms with E-state index in [0.29, 0.717) is 36.0 Å². The highest BCUT2D eigenvalue weighted by atomic mass is 16.5. The minimum absolute atomic E-state index is 0.0643. The molecule has 5 rings (SSSR count). The van der Waals surface area contributed by atoms with Crippen LogP contribution in [0, 0.1) is 18.8 Å². The molecule has 1 aliphatic carbocycles. The predicted molar refractivity (Wildman–Crippen MR) is 123 cm³/mol. The fourth-order valence-electron chi connectivity index (χ4n) is 3.97. The lowest BCUT2D eigenvalue weighted by Crippen LogP contribution is -2.24. The lowest BCUT2D eigenvalue weighted by molar-refractivity contribution is 0.0937. The number of carbonyl (C=O) groups is 1. The summed E-state index contributed by atoms with van der Waals surface area (Å²) in [5.74, 6) is 2.48. The van der Waals surface area contributed by atoms with Crippen LogP contribution in [0.25, 0.3) is 11.4 Å². The highest BCUT2D eigenvalue weighted by Gasteiger charge is 2.48. The van der Waals surface area contributed by atoms with Crippen molar-refractivity contribution >= 4 is 17.5 Å². The van der Waals surface area contributed by atoms with Gasteiger partial charge in [0, 0.05) is 31.3 Å². The van der Waals surface area contributed by atoms with Gasteiger partial charge in [-0.25, -0.2) is 9.97 Å². The smallest absolute Gasteiger partial charge is 0.292 e. The zero-order chi connectivity index (χ0) is 23.8. The van der Waals surface area contributed by atoms with Crippen molar-refractivity contribution < 1.29 is 9.32 Å². The average molecular weight is 460 g/mol. The molecule has 3 atom stereocenters. The van der Waals surface area contributed by atoms with E-state index in [0.717, 1.165) is 22.4 Å². The Bertz CT molecular complexity index is 1340. The number of amides is 1. The molecule has 11 nitrogen and oxygen atoms in total. The lowest BCUT2D eigenvalue weighted by Gasteiger charge is -2.09. The number of carbonyl (C=O) groups excluding carboxylic acids is 1. The molecular weight excluding hydrogens is 434 g/mol. The van der Waals surface area contributed by atoms with Crippen molar-refractivity contribution in [2.45, 2.75) is 33.2 Å². The van der Waals surface area contributed by atoms with E-state index in [4.69, 9.17) is 4.52 Å². The molecule has 0 aliphatic heterocycles. The summed E-state index contributed by atoms with van der Waals surface area (Å²) in [6, 6.07) is 5.84. The molecule has 1 fully saturated rings. The Morgan fingerprint density at radius 1 is 1.18 bits per heavy atom. The number of rotatable bonds is 7. The first kappa shape index (κ1) is 21.7. The van der Waals surface area contributed by atoms with Crippen molar-refractivity contribution in [3.8, 4) is 11.4 Å². The second-order valence-electron chi connectivity index (χ2n) is 8.68. The van der Waals surface area contributed by atoms with E-state index in [2.05, 4.69) is 54.7 Å². The van der Waals surface area contributed by atoms with Crippen LogP contribution in [0.1, 0.15) is 47.4 Å². The van der Waals surface area contributed by atoms with Crippen molar-refractivity contribution in [3.63, 3.8) is 0 Å². The van der Waals surface area contributed by atoms with Crippen LogP contribution in [0.15, 0.2) is 41.4 Å². The molecule has 0 spiro atoms. The summed E-state index contributed by atoms with van der Waals surface area (Å²) in [4.78, 5) is 29.7. The number of aryl methyl sites for hydroxylation is 2. The summed E-state index contributed by atoms with van der Waals surface area (Å²) >= 11 is 0. The minimum Gasteiger partial charge on any atom is -0.345 e. The molecule has 4 aromatic rings. The van der Waals surface area contributed by atoms with Crippen molar-refractivity contribution in [1.82, 2.24) is 40.2 Å². The molecule has 1 amide bonds. The fourth-order valence-corrected chi connectivity index (χ4v) is 3.97. The fraction of sp³-hybridized carbons (Fsp3) is 0.348. The summed E-state index contributed by atoms with van der Waals surface area (Å²) < 4.78 is 6.98. The summed E-state index contributed by atoms with van der Waals surface area (Å²) in [7, 11) is 1.84. The second kappa shape index (κ2) is 8.65. The Labute approximate surface area is 196 Å². The number of benzene rings is 1. The third-order valence-electron chi connectivity index (χ3n) is 6.32. The zero-order valence-electron chi connectivity index (χ0n) is 19.4. The van der Waals surface area contributed by atoms with Gasteiger partial charge in [0.15, 0.2) is 5.82 Å². The summed E-state index contributed by atoms with van der Waals surface area (Å²) in [5.41, 5.74) is 3.60. The molecule has 1 unspecified atom stereocenters. The second-order valence-corrected chi connectivity index (χ2v) is 8.68. The van der Waals surface area contributed by atoms with Crippen LogP contribution in [0.3, 0.4) is 0 Å². The predicted octanol–water partition coefficient (Wildman–Crippen LogP) is 3.01. The van der Waals surface area contributed by atoms with Gasteiger partial charge in [0.25, 0.3) is 11.7 Å². The molecule has 34 heavy (non-hydrogen) atoms. The van der Waals surface area contributed by atoms with Crippen LogP contribution in [-0.4, -0.2) is 40.8 Å². The van der Waals surface area contributed by atoms with Gasteiger partial charge in [-0.05, 0) is 36.0 Å². The zero-order valence-corrected chi connectivity index (χ0v) is 19.4. The average Bonchev–Trinajstić information content (AvgIpc) is 3.20. The van der Waals surface area contributed by atoms with E-state index in [9.17, 15) is 4.79 Å². The maximum atomic E-state index is 12.5. The van der Waals surface area contributed by atoms with Crippen molar-refractivity contribution in [2.75, 3.05) is 5.32 Å². The maximum absolute atomic E-state index is 12.5. The molecule has 1 aromatic carbocycles. The quantitative estimate of drug-likeness (QED) is 0.427. The monoisotopic (exact) mass is 459 g/mol. The number of aromatic nitrogens is 7. The number of hydrogen-bond acceptors (Lipinski definition) is 9. The topological polar surface area (TPSA) is 137 Å². The van der Waals surface area contributed by atoms with Gasteiger partial charge < -0.3 is 15.2 Å². The van der Waals surface area contributed by atoms with Crippen molar-refractivity contribution in [1.29, 1.82) is 0 Å². The van der Waals surface area contributed by atoms with E-state index in [1.807, 2.05) is 38.4 Å². The SMILES string of the molecule is Cc1cc(-c2ncnc(Nc3cnn(C)c3)n2)ccc1CNC(=O)c1noc(C2[C@@H](C)[C@H]2C)n1. The van der Waals surface area contributed by atoms with E-state index in [1.165, 1.54) is 6.33 Å². The first-order valence-electron chi connectivity index (χ1n) is 11.1. The van der Waals surface area contributed by atoms with Gasteiger partial charge >= 0.3 is 0 Å². The Kier molecular flexibility index (Phi) is 5.52. The van der Waals surface area contributed by atoms with Gasteiger partial charge in [-0.3, -0.25) is 9.48 Å². The molecular formula is C23H25N9O2. The Morgan fingerprint density at radius 2 is 2.00 bits per heavy atom. The van der Waals surface area contributed by atoms with Gasteiger partial charge in [0.05, 0.1) is 11.9 Å². The molecule has 3 heterocycles. The third-order valence-corrected chi connectivity index (χ3v) is 6.32. The van der Waals surface area contributed by atoms with Crippen LogP contribution in [0.4, 0.5) is 11.6 Å². The number of anilines is 2. The highest BCUT2D eigenvalue weighted by Crippen LogP contribution is 2.52. The highest BCUT2D eigenvalue weighted by molar-refractivity contribution is 5.90. The largest absolute Gasteiger partial charge is 0.345 e.